The van der Waals surface area contributed by atoms with Crippen LogP contribution < -0.4 is 20.1 Å². The monoisotopic (exact) mass is 542 g/mol. The van der Waals surface area contributed by atoms with E-state index in [0.29, 0.717) is 48.5 Å². The number of para-hydroxylation sites is 2. The molecule has 1 unspecified atom stereocenters. The Balaban J connectivity index is 1.41. The van der Waals surface area contributed by atoms with E-state index in [1.807, 2.05) is 18.2 Å². The number of carbonyl (C=O) groups excluding carboxylic acids is 5. The van der Waals surface area contributed by atoms with Crippen molar-refractivity contribution in [3.63, 3.8) is 0 Å². The summed E-state index contributed by atoms with van der Waals surface area (Å²) >= 11 is 1.27. The second-order valence-corrected chi connectivity index (χ2v) is 10.4. The van der Waals surface area contributed by atoms with Crippen LogP contribution in [0.2, 0.25) is 0 Å². The van der Waals surface area contributed by atoms with E-state index in [-0.39, 0.29) is 30.5 Å². The summed E-state index contributed by atoms with van der Waals surface area (Å²) < 4.78 is 11.7. The molecule has 4 atom stereocenters. The summed E-state index contributed by atoms with van der Waals surface area (Å²) in [5.74, 6) is -0.410. The third kappa shape index (κ3) is 6.01. The van der Waals surface area contributed by atoms with E-state index in [0.717, 1.165) is 0 Å². The fraction of sp³-hybridized carbons (Fsp3) is 0.462. The van der Waals surface area contributed by atoms with Crippen LogP contribution in [-0.4, -0.2) is 71.5 Å². The van der Waals surface area contributed by atoms with Crippen LogP contribution in [0.5, 0.6) is 11.5 Å². The first-order chi connectivity index (χ1) is 18.3. The summed E-state index contributed by atoms with van der Waals surface area (Å²) in [5, 5.41) is 7.48. The van der Waals surface area contributed by atoms with E-state index < -0.39 is 36.0 Å². The van der Waals surface area contributed by atoms with Gasteiger partial charge in [0.05, 0.1) is 6.04 Å². The standard InChI is InChI=1S/C26H30N4O7S/c1-15(2)22(26(35)30-10-5-6-18(30)24(34)27-16(12-32)9-11-31)29-23(33)17-14-38-25(28-17)21-13-36-19-7-3-4-8-20(19)37-21/h3-4,7-8,11-12,14-16,18,21-22H,5-6,9-10,13H2,1-2H3,(H,27,34)(H,29,33)/t16-,18-,21?,22-/m0/s1. The number of nitrogens with zero attached hydrogens (tertiary/aromatic N) is 2. The van der Waals surface area contributed by atoms with Crippen molar-refractivity contribution in [1.29, 1.82) is 0 Å². The number of hydrogen-bond donors (Lipinski definition) is 2. The topological polar surface area (TPSA) is 144 Å². The van der Waals surface area contributed by atoms with E-state index in [2.05, 4.69) is 15.6 Å². The highest BCUT2D eigenvalue weighted by molar-refractivity contribution is 7.09. The van der Waals surface area contributed by atoms with Crippen LogP contribution in [0.25, 0.3) is 0 Å². The molecule has 1 aromatic carbocycles. The normalized spacial score (nSPS) is 19.9. The van der Waals surface area contributed by atoms with Gasteiger partial charge in [-0.3, -0.25) is 14.4 Å². The first-order valence-electron chi connectivity index (χ1n) is 12.5. The van der Waals surface area contributed by atoms with Crippen LogP contribution >= 0.6 is 11.3 Å². The third-order valence-electron chi connectivity index (χ3n) is 6.44. The van der Waals surface area contributed by atoms with Crippen molar-refractivity contribution in [3.8, 4) is 11.5 Å². The van der Waals surface area contributed by atoms with E-state index in [1.54, 1.807) is 25.3 Å². The molecule has 0 aliphatic carbocycles. The number of ether oxygens (including phenoxy) is 2. The molecular formula is C26H30N4O7S. The predicted octanol–water partition coefficient (Wildman–Crippen LogP) is 1.67. The van der Waals surface area contributed by atoms with Crippen molar-refractivity contribution >= 4 is 41.6 Å². The van der Waals surface area contributed by atoms with Gasteiger partial charge in [-0.2, -0.15) is 0 Å². The molecule has 3 amide bonds. The Labute approximate surface area is 223 Å². The molecule has 1 saturated heterocycles. The van der Waals surface area contributed by atoms with E-state index in [1.165, 1.54) is 16.2 Å². The summed E-state index contributed by atoms with van der Waals surface area (Å²) in [5.41, 5.74) is 0.157. The maximum atomic E-state index is 13.5. The number of carbonyl (C=O) groups is 5. The molecular weight excluding hydrogens is 512 g/mol. The lowest BCUT2D eigenvalue weighted by Crippen LogP contribution is -2.56. The predicted molar refractivity (Wildman–Crippen MR) is 137 cm³/mol. The Morgan fingerprint density at radius 2 is 1.95 bits per heavy atom. The van der Waals surface area contributed by atoms with Gasteiger partial charge >= 0.3 is 0 Å². The molecule has 2 N–H and O–H groups in total. The summed E-state index contributed by atoms with van der Waals surface area (Å²) in [6, 6.07) is 4.70. The van der Waals surface area contributed by atoms with Crippen LogP contribution in [0.1, 0.15) is 54.7 Å². The number of aromatic nitrogens is 1. The van der Waals surface area contributed by atoms with Crippen molar-refractivity contribution in [1.82, 2.24) is 20.5 Å². The number of nitrogens with one attached hydrogen (secondary N) is 2. The fourth-order valence-corrected chi connectivity index (χ4v) is 5.23. The number of hydrogen-bond acceptors (Lipinski definition) is 9. The van der Waals surface area contributed by atoms with Gasteiger partial charge in [0.2, 0.25) is 11.8 Å². The molecule has 0 saturated carbocycles. The second-order valence-electron chi connectivity index (χ2n) is 9.47. The van der Waals surface area contributed by atoms with E-state index in [9.17, 15) is 24.0 Å². The summed E-state index contributed by atoms with van der Waals surface area (Å²) in [4.78, 5) is 67.1. The number of thiazole rings is 1. The van der Waals surface area contributed by atoms with Crippen molar-refractivity contribution in [2.75, 3.05) is 13.2 Å². The van der Waals surface area contributed by atoms with Gasteiger partial charge < -0.3 is 34.6 Å². The number of amides is 3. The first-order valence-corrected chi connectivity index (χ1v) is 13.3. The number of rotatable bonds is 10. The lowest BCUT2D eigenvalue weighted by Gasteiger charge is -2.30. The zero-order chi connectivity index (χ0) is 27.2. The highest BCUT2D eigenvalue weighted by atomic mass is 32.1. The van der Waals surface area contributed by atoms with Crippen molar-refractivity contribution < 1.29 is 33.4 Å². The lowest BCUT2D eigenvalue weighted by atomic mass is 10.0. The van der Waals surface area contributed by atoms with E-state index >= 15 is 0 Å². The summed E-state index contributed by atoms with van der Waals surface area (Å²) in [6.07, 6.45) is 1.47. The molecule has 12 heteroatoms. The second kappa shape index (κ2) is 12.2. The fourth-order valence-electron chi connectivity index (χ4n) is 4.42. The van der Waals surface area contributed by atoms with Crippen LogP contribution in [0.15, 0.2) is 29.6 Å². The Kier molecular flexibility index (Phi) is 8.72. The molecule has 0 spiro atoms. The smallest absolute Gasteiger partial charge is 0.271 e. The molecule has 0 bridgehead atoms. The van der Waals surface area contributed by atoms with Gasteiger partial charge in [0, 0.05) is 18.3 Å². The van der Waals surface area contributed by atoms with Gasteiger partial charge in [-0.15, -0.1) is 11.3 Å². The summed E-state index contributed by atoms with van der Waals surface area (Å²) in [7, 11) is 0. The SMILES string of the molecule is CC(C)[C@H](NC(=O)c1csc(C2COc3ccccc3O2)n1)C(=O)N1CCC[C@H]1C(=O)N[C@H](C=O)CC=O. The summed E-state index contributed by atoms with van der Waals surface area (Å²) in [6.45, 7) is 4.21. The molecule has 2 aromatic rings. The van der Waals surface area contributed by atoms with Gasteiger partial charge in [-0.1, -0.05) is 26.0 Å². The first kappa shape index (κ1) is 27.2. The van der Waals surface area contributed by atoms with Crippen LogP contribution in [-0.2, 0) is 19.2 Å². The third-order valence-corrected chi connectivity index (χ3v) is 7.38. The molecule has 38 heavy (non-hydrogen) atoms. The van der Waals surface area contributed by atoms with Crippen molar-refractivity contribution in [3.05, 3.63) is 40.3 Å². The van der Waals surface area contributed by atoms with Gasteiger partial charge in [0.15, 0.2) is 17.6 Å². The molecule has 202 valence electrons. The Hall–Kier alpha value is -3.80. The van der Waals surface area contributed by atoms with Gasteiger partial charge in [0.25, 0.3) is 5.91 Å². The average Bonchev–Trinajstić information content (AvgIpc) is 3.61. The maximum Gasteiger partial charge on any atom is 0.271 e. The maximum absolute atomic E-state index is 13.5. The number of benzene rings is 1. The lowest BCUT2D eigenvalue weighted by molar-refractivity contribution is -0.141. The minimum atomic E-state index is -0.941. The minimum absolute atomic E-state index is 0.138. The van der Waals surface area contributed by atoms with Crippen LogP contribution in [0.3, 0.4) is 0 Å². The van der Waals surface area contributed by atoms with Crippen molar-refractivity contribution in [2.24, 2.45) is 5.92 Å². The van der Waals surface area contributed by atoms with Crippen LogP contribution in [0, 0.1) is 5.92 Å². The number of likely N-dealkylation sites (tertiary alicyclic amines) is 1. The Morgan fingerprint density at radius 1 is 1.18 bits per heavy atom. The van der Waals surface area contributed by atoms with Gasteiger partial charge in [-0.05, 0) is 30.9 Å². The molecule has 1 fully saturated rings. The molecule has 2 aliphatic rings. The zero-order valence-electron chi connectivity index (χ0n) is 21.1. The molecule has 4 rings (SSSR count). The molecule has 3 heterocycles. The van der Waals surface area contributed by atoms with E-state index in [4.69, 9.17) is 9.47 Å². The van der Waals surface area contributed by atoms with Gasteiger partial charge in [-0.25, -0.2) is 4.98 Å². The number of fused-ring (bicyclic) bond motifs is 1. The molecule has 0 radical (unpaired) electrons. The number of aldehydes is 2. The van der Waals surface area contributed by atoms with Crippen molar-refractivity contribution in [2.45, 2.75) is 57.3 Å². The van der Waals surface area contributed by atoms with Gasteiger partial charge in [0.1, 0.15) is 42.0 Å². The molecule has 1 aromatic heterocycles. The quantitative estimate of drug-likeness (QED) is 0.432. The largest absolute Gasteiger partial charge is 0.485 e. The molecule has 11 nitrogen and oxygen atoms in total. The average molecular weight is 543 g/mol. The zero-order valence-corrected chi connectivity index (χ0v) is 21.9. The Morgan fingerprint density at radius 3 is 2.66 bits per heavy atom. The minimum Gasteiger partial charge on any atom is -0.485 e. The molecule has 2 aliphatic heterocycles. The highest BCUT2D eigenvalue weighted by Crippen LogP contribution is 2.36. The Bertz CT molecular complexity index is 1200. The highest BCUT2D eigenvalue weighted by Gasteiger charge is 2.39. The van der Waals surface area contributed by atoms with Crippen LogP contribution in [0.4, 0.5) is 0 Å².